The van der Waals surface area contributed by atoms with Gasteiger partial charge in [-0.15, -0.1) is 0 Å². The van der Waals surface area contributed by atoms with E-state index in [9.17, 15) is 4.39 Å². The van der Waals surface area contributed by atoms with E-state index in [4.69, 9.17) is 5.73 Å². The number of hydrogen-bond donors (Lipinski definition) is 1. The highest BCUT2D eigenvalue weighted by Crippen LogP contribution is 2.26. The Labute approximate surface area is 92.6 Å². The minimum atomic E-state index is -0.217. The maximum atomic E-state index is 12.8. The third kappa shape index (κ3) is 3.07. The van der Waals surface area contributed by atoms with Crippen LogP contribution < -0.4 is 5.73 Å². The number of benzene rings is 1. The van der Waals surface area contributed by atoms with Gasteiger partial charge in [0.2, 0.25) is 0 Å². The first-order valence-electron chi connectivity index (χ1n) is 4.58. The second kappa shape index (κ2) is 4.41. The molecule has 0 radical (unpaired) electrons. The molecule has 0 amide bonds. The Balaban J connectivity index is 2.87. The lowest BCUT2D eigenvalue weighted by Crippen LogP contribution is -2.26. The second-order valence-electron chi connectivity index (χ2n) is 4.28. The summed E-state index contributed by atoms with van der Waals surface area (Å²) in [5.74, 6) is -0.217. The van der Waals surface area contributed by atoms with Gasteiger partial charge < -0.3 is 5.73 Å². The Hall–Kier alpha value is -0.410. The highest BCUT2D eigenvalue weighted by Gasteiger charge is 2.17. The van der Waals surface area contributed by atoms with Crippen LogP contribution in [-0.4, -0.2) is 6.54 Å². The van der Waals surface area contributed by atoms with Gasteiger partial charge in [0.1, 0.15) is 5.82 Å². The number of rotatable bonds is 3. The molecule has 0 bridgehead atoms. The summed E-state index contributed by atoms with van der Waals surface area (Å²) in [7, 11) is 0. The SMILES string of the molecule is CC(C)(CN)Cc1ccc(F)cc1Br. The molecule has 2 N–H and O–H groups in total. The minimum absolute atomic E-state index is 0.0559. The monoisotopic (exact) mass is 259 g/mol. The highest BCUT2D eigenvalue weighted by atomic mass is 79.9. The molecule has 0 aliphatic carbocycles. The van der Waals surface area contributed by atoms with Crippen molar-refractivity contribution in [2.75, 3.05) is 6.54 Å². The molecule has 0 fully saturated rings. The van der Waals surface area contributed by atoms with Crippen LogP contribution in [0.25, 0.3) is 0 Å². The van der Waals surface area contributed by atoms with Crippen LogP contribution >= 0.6 is 15.9 Å². The normalized spacial score (nSPS) is 11.8. The number of hydrogen-bond acceptors (Lipinski definition) is 1. The minimum Gasteiger partial charge on any atom is -0.330 e. The fourth-order valence-electron chi connectivity index (χ4n) is 1.25. The molecule has 1 nitrogen and oxygen atoms in total. The van der Waals surface area contributed by atoms with Crippen LogP contribution in [0.2, 0.25) is 0 Å². The zero-order chi connectivity index (χ0) is 10.8. The molecule has 1 aromatic rings. The predicted octanol–water partition coefficient (Wildman–Crippen LogP) is 3.12. The molecule has 0 atom stereocenters. The standard InChI is InChI=1S/C11H15BrFN/c1-11(2,7-14)6-8-3-4-9(13)5-10(8)12/h3-5H,6-7,14H2,1-2H3. The van der Waals surface area contributed by atoms with E-state index in [1.54, 1.807) is 6.07 Å². The zero-order valence-electron chi connectivity index (χ0n) is 8.48. The number of nitrogens with two attached hydrogens (primary N) is 1. The molecule has 0 aliphatic heterocycles. The summed E-state index contributed by atoms with van der Waals surface area (Å²) in [5.41, 5.74) is 6.80. The molecule has 1 rings (SSSR count). The molecule has 3 heteroatoms. The molecule has 0 saturated heterocycles. The van der Waals surface area contributed by atoms with Gasteiger partial charge in [-0.05, 0) is 36.1 Å². The van der Waals surface area contributed by atoms with Crippen molar-refractivity contribution < 1.29 is 4.39 Å². The van der Waals surface area contributed by atoms with E-state index in [1.807, 2.05) is 0 Å². The Morgan fingerprint density at radius 1 is 1.43 bits per heavy atom. The Bertz CT molecular complexity index is 323. The largest absolute Gasteiger partial charge is 0.330 e. The molecule has 0 heterocycles. The van der Waals surface area contributed by atoms with Crippen molar-refractivity contribution in [1.82, 2.24) is 0 Å². The van der Waals surface area contributed by atoms with Crippen molar-refractivity contribution in [3.05, 3.63) is 34.1 Å². The predicted molar refractivity (Wildman–Crippen MR) is 60.6 cm³/mol. The van der Waals surface area contributed by atoms with Gasteiger partial charge in [-0.1, -0.05) is 35.8 Å². The summed E-state index contributed by atoms with van der Waals surface area (Å²) in [6.45, 7) is 4.82. The maximum Gasteiger partial charge on any atom is 0.124 e. The van der Waals surface area contributed by atoms with Crippen molar-refractivity contribution in [3.63, 3.8) is 0 Å². The van der Waals surface area contributed by atoms with Gasteiger partial charge in [-0.2, -0.15) is 0 Å². The van der Waals surface area contributed by atoms with Crippen LogP contribution in [0.5, 0.6) is 0 Å². The third-order valence-corrected chi connectivity index (χ3v) is 2.97. The summed E-state index contributed by atoms with van der Waals surface area (Å²) < 4.78 is 13.6. The average molecular weight is 260 g/mol. The van der Waals surface area contributed by atoms with E-state index in [0.29, 0.717) is 6.54 Å². The van der Waals surface area contributed by atoms with Crippen LogP contribution in [0, 0.1) is 11.2 Å². The fraction of sp³-hybridized carbons (Fsp3) is 0.455. The third-order valence-electron chi connectivity index (χ3n) is 2.24. The first kappa shape index (κ1) is 11.7. The van der Waals surface area contributed by atoms with Gasteiger partial charge in [0.25, 0.3) is 0 Å². The van der Waals surface area contributed by atoms with E-state index >= 15 is 0 Å². The lowest BCUT2D eigenvalue weighted by Gasteiger charge is -2.22. The first-order chi connectivity index (χ1) is 6.44. The quantitative estimate of drug-likeness (QED) is 0.887. The number of halogens is 2. The van der Waals surface area contributed by atoms with E-state index in [0.717, 1.165) is 16.5 Å². The van der Waals surface area contributed by atoms with Crippen LogP contribution in [0.3, 0.4) is 0 Å². The Kier molecular flexibility index (Phi) is 3.67. The molecule has 14 heavy (non-hydrogen) atoms. The molecular weight excluding hydrogens is 245 g/mol. The van der Waals surface area contributed by atoms with Crippen LogP contribution in [0.15, 0.2) is 22.7 Å². The molecule has 1 aromatic carbocycles. The van der Waals surface area contributed by atoms with Crippen molar-refractivity contribution in [2.45, 2.75) is 20.3 Å². The summed E-state index contributed by atoms with van der Waals surface area (Å²) in [5, 5.41) is 0. The van der Waals surface area contributed by atoms with E-state index in [1.165, 1.54) is 12.1 Å². The van der Waals surface area contributed by atoms with E-state index < -0.39 is 0 Å². The van der Waals surface area contributed by atoms with Gasteiger partial charge >= 0.3 is 0 Å². The van der Waals surface area contributed by atoms with Crippen LogP contribution in [0.1, 0.15) is 19.4 Å². The molecule has 0 aliphatic rings. The van der Waals surface area contributed by atoms with Gasteiger partial charge in [0.15, 0.2) is 0 Å². The molecule has 0 spiro atoms. The second-order valence-corrected chi connectivity index (χ2v) is 5.14. The topological polar surface area (TPSA) is 26.0 Å². The molecule has 0 unspecified atom stereocenters. The summed E-state index contributed by atoms with van der Waals surface area (Å²) in [6, 6.07) is 4.77. The maximum absolute atomic E-state index is 12.8. The smallest absolute Gasteiger partial charge is 0.124 e. The molecule has 0 aromatic heterocycles. The van der Waals surface area contributed by atoms with E-state index in [-0.39, 0.29) is 11.2 Å². The summed E-state index contributed by atoms with van der Waals surface area (Å²) in [4.78, 5) is 0. The van der Waals surface area contributed by atoms with Crippen molar-refractivity contribution in [3.8, 4) is 0 Å². The van der Waals surface area contributed by atoms with Crippen LogP contribution in [-0.2, 0) is 6.42 Å². The van der Waals surface area contributed by atoms with Crippen molar-refractivity contribution >= 4 is 15.9 Å². The average Bonchev–Trinajstić information content (AvgIpc) is 2.10. The Morgan fingerprint density at radius 2 is 2.07 bits per heavy atom. The molecular formula is C11H15BrFN. The lowest BCUT2D eigenvalue weighted by atomic mass is 9.86. The summed E-state index contributed by atoms with van der Waals surface area (Å²) in [6.07, 6.45) is 0.852. The van der Waals surface area contributed by atoms with Gasteiger partial charge in [0.05, 0.1) is 0 Å². The van der Waals surface area contributed by atoms with Gasteiger partial charge in [-0.25, -0.2) is 4.39 Å². The van der Waals surface area contributed by atoms with Crippen LogP contribution in [0.4, 0.5) is 4.39 Å². The fourth-order valence-corrected chi connectivity index (χ4v) is 1.74. The summed E-state index contributed by atoms with van der Waals surface area (Å²) >= 11 is 3.35. The molecule has 0 saturated carbocycles. The van der Waals surface area contributed by atoms with Gasteiger partial charge in [-0.3, -0.25) is 0 Å². The highest BCUT2D eigenvalue weighted by molar-refractivity contribution is 9.10. The van der Waals surface area contributed by atoms with Crippen molar-refractivity contribution in [2.24, 2.45) is 11.1 Å². The first-order valence-corrected chi connectivity index (χ1v) is 5.38. The van der Waals surface area contributed by atoms with Gasteiger partial charge in [0, 0.05) is 4.47 Å². The lowest BCUT2D eigenvalue weighted by molar-refractivity contribution is 0.376. The van der Waals surface area contributed by atoms with Crippen molar-refractivity contribution in [1.29, 1.82) is 0 Å². The zero-order valence-corrected chi connectivity index (χ0v) is 10.1. The molecule has 78 valence electrons. The van der Waals surface area contributed by atoms with E-state index in [2.05, 4.69) is 29.8 Å². The Morgan fingerprint density at radius 3 is 2.57 bits per heavy atom.